The van der Waals surface area contributed by atoms with E-state index in [9.17, 15) is 5.11 Å². The maximum Gasteiger partial charge on any atom is 0.161 e. The van der Waals surface area contributed by atoms with Gasteiger partial charge in [-0.3, -0.25) is 0 Å². The van der Waals surface area contributed by atoms with E-state index < -0.39 is 5.60 Å². The molecule has 1 aliphatic rings. The number of fused-ring (bicyclic) bond motifs is 1. The van der Waals surface area contributed by atoms with Gasteiger partial charge in [-0.05, 0) is 23.3 Å². The Balaban J connectivity index is 2.05. The van der Waals surface area contributed by atoms with E-state index in [4.69, 9.17) is 14.2 Å². The fourth-order valence-corrected chi connectivity index (χ4v) is 2.56. The Morgan fingerprint density at radius 2 is 1.71 bits per heavy atom. The molecule has 0 aromatic heterocycles. The molecule has 0 aliphatic carbocycles. The zero-order valence-corrected chi connectivity index (χ0v) is 11.9. The molecule has 21 heavy (non-hydrogen) atoms. The Morgan fingerprint density at radius 1 is 1.00 bits per heavy atom. The highest BCUT2D eigenvalue weighted by Gasteiger charge is 2.32. The molecule has 0 amide bonds. The molecule has 3 rings (SSSR count). The molecule has 1 heterocycles. The topological polar surface area (TPSA) is 47.9 Å². The fraction of sp³-hybridized carbons (Fsp3) is 0.294. The average molecular weight is 286 g/mol. The van der Waals surface area contributed by atoms with Gasteiger partial charge in [0.2, 0.25) is 0 Å². The minimum atomic E-state index is -1.22. The number of hydrogen-bond acceptors (Lipinski definition) is 4. The smallest absolute Gasteiger partial charge is 0.161 e. The first-order valence-corrected chi connectivity index (χ1v) is 6.91. The normalized spacial score (nSPS) is 16.3. The van der Waals surface area contributed by atoms with Crippen LogP contribution in [0.2, 0.25) is 0 Å². The molecule has 4 heteroatoms. The van der Waals surface area contributed by atoms with Gasteiger partial charge >= 0.3 is 0 Å². The van der Waals surface area contributed by atoms with Crippen LogP contribution in [-0.4, -0.2) is 32.0 Å². The first-order valence-electron chi connectivity index (χ1n) is 6.91. The summed E-state index contributed by atoms with van der Waals surface area (Å²) in [5.74, 6) is 1.36. The molecule has 0 bridgehead atoms. The number of hydrogen-bond donors (Lipinski definition) is 1. The van der Waals surface area contributed by atoms with Crippen LogP contribution in [0.5, 0.6) is 11.5 Å². The molecule has 0 spiro atoms. The number of benzene rings is 2. The van der Waals surface area contributed by atoms with Gasteiger partial charge in [-0.25, -0.2) is 0 Å². The van der Waals surface area contributed by atoms with Gasteiger partial charge in [0.05, 0.1) is 6.61 Å². The molecule has 0 radical (unpaired) electrons. The van der Waals surface area contributed by atoms with Crippen molar-refractivity contribution in [3.63, 3.8) is 0 Å². The third-order valence-electron chi connectivity index (χ3n) is 3.62. The van der Waals surface area contributed by atoms with Crippen molar-refractivity contribution in [2.45, 2.75) is 5.60 Å². The van der Waals surface area contributed by atoms with Gasteiger partial charge in [0.25, 0.3) is 0 Å². The van der Waals surface area contributed by atoms with E-state index in [1.165, 1.54) is 0 Å². The van der Waals surface area contributed by atoms with Crippen molar-refractivity contribution >= 4 is 0 Å². The quantitative estimate of drug-likeness (QED) is 0.937. The molecule has 4 nitrogen and oxygen atoms in total. The van der Waals surface area contributed by atoms with E-state index in [-0.39, 0.29) is 6.61 Å². The van der Waals surface area contributed by atoms with E-state index in [0.29, 0.717) is 24.7 Å². The zero-order valence-electron chi connectivity index (χ0n) is 11.9. The van der Waals surface area contributed by atoms with Crippen molar-refractivity contribution in [2.24, 2.45) is 0 Å². The summed E-state index contributed by atoms with van der Waals surface area (Å²) in [5, 5.41) is 11.1. The molecule has 2 aromatic carbocycles. The van der Waals surface area contributed by atoms with E-state index in [1.54, 1.807) is 7.11 Å². The van der Waals surface area contributed by atoms with Gasteiger partial charge in [0.15, 0.2) is 11.5 Å². The number of rotatable bonds is 4. The molecule has 0 saturated carbocycles. The Morgan fingerprint density at radius 3 is 2.43 bits per heavy atom. The van der Waals surface area contributed by atoms with Crippen molar-refractivity contribution in [3.05, 3.63) is 59.7 Å². The fourth-order valence-electron chi connectivity index (χ4n) is 2.56. The molecular formula is C17H18O4. The largest absolute Gasteiger partial charge is 0.486 e. The highest BCUT2D eigenvalue weighted by molar-refractivity contribution is 5.48. The zero-order chi connectivity index (χ0) is 14.7. The van der Waals surface area contributed by atoms with E-state index in [0.717, 1.165) is 11.1 Å². The third-order valence-corrected chi connectivity index (χ3v) is 3.62. The maximum absolute atomic E-state index is 11.1. The summed E-state index contributed by atoms with van der Waals surface area (Å²) in [6.07, 6.45) is 0. The molecular weight excluding hydrogens is 268 g/mol. The molecule has 1 atom stereocenters. The summed E-state index contributed by atoms with van der Waals surface area (Å²) in [7, 11) is 1.58. The number of aliphatic hydroxyl groups is 1. The molecule has 1 unspecified atom stereocenters. The lowest BCUT2D eigenvalue weighted by atomic mass is 9.87. The second-order valence-corrected chi connectivity index (χ2v) is 5.02. The van der Waals surface area contributed by atoms with Gasteiger partial charge in [-0.2, -0.15) is 0 Å². The Kier molecular flexibility index (Phi) is 3.82. The lowest BCUT2D eigenvalue weighted by molar-refractivity contribution is -0.00358. The van der Waals surface area contributed by atoms with E-state index in [1.807, 2.05) is 48.5 Å². The van der Waals surface area contributed by atoms with Crippen LogP contribution in [-0.2, 0) is 10.3 Å². The summed E-state index contributed by atoms with van der Waals surface area (Å²) in [5.41, 5.74) is 0.287. The number of ether oxygens (including phenoxy) is 3. The van der Waals surface area contributed by atoms with Gasteiger partial charge in [-0.1, -0.05) is 36.4 Å². The minimum absolute atomic E-state index is 0.163. The second-order valence-electron chi connectivity index (χ2n) is 5.02. The highest BCUT2D eigenvalue weighted by Crippen LogP contribution is 2.37. The molecule has 0 fully saturated rings. The summed E-state index contributed by atoms with van der Waals surface area (Å²) >= 11 is 0. The van der Waals surface area contributed by atoms with Crippen molar-refractivity contribution in [1.82, 2.24) is 0 Å². The minimum Gasteiger partial charge on any atom is -0.486 e. The SMILES string of the molecule is COCC(O)(c1ccccc1)c1ccc2c(c1)OCCO2. The van der Waals surface area contributed by atoms with Crippen LogP contribution < -0.4 is 9.47 Å². The monoisotopic (exact) mass is 286 g/mol. The summed E-state index contributed by atoms with van der Waals surface area (Å²) < 4.78 is 16.4. The van der Waals surface area contributed by atoms with Crippen LogP contribution in [0.25, 0.3) is 0 Å². The van der Waals surface area contributed by atoms with Gasteiger partial charge in [-0.15, -0.1) is 0 Å². The summed E-state index contributed by atoms with van der Waals surface area (Å²) in [4.78, 5) is 0. The molecule has 110 valence electrons. The maximum atomic E-state index is 11.1. The van der Waals surface area contributed by atoms with Crippen molar-refractivity contribution in [3.8, 4) is 11.5 Å². The van der Waals surface area contributed by atoms with Crippen LogP contribution in [0, 0.1) is 0 Å². The highest BCUT2D eigenvalue weighted by atomic mass is 16.6. The van der Waals surface area contributed by atoms with Gasteiger partial charge < -0.3 is 19.3 Å². The summed E-state index contributed by atoms with van der Waals surface area (Å²) in [6, 6.07) is 15.0. The first-order chi connectivity index (χ1) is 10.2. The van der Waals surface area contributed by atoms with Crippen LogP contribution in [0.4, 0.5) is 0 Å². The Bertz CT molecular complexity index is 611. The Labute approximate surface area is 123 Å². The predicted octanol–water partition coefficient (Wildman–Crippen LogP) is 2.34. The number of methoxy groups -OCH3 is 1. The Hall–Kier alpha value is -2.04. The van der Waals surface area contributed by atoms with Crippen LogP contribution in [0.15, 0.2) is 48.5 Å². The van der Waals surface area contributed by atoms with Gasteiger partial charge in [0, 0.05) is 7.11 Å². The molecule has 0 saturated heterocycles. The van der Waals surface area contributed by atoms with E-state index >= 15 is 0 Å². The van der Waals surface area contributed by atoms with Crippen molar-refractivity contribution in [1.29, 1.82) is 0 Å². The van der Waals surface area contributed by atoms with Crippen LogP contribution in [0.1, 0.15) is 11.1 Å². The molecule has 1 aliphatic heterocycles. The lowest BCUT2D eigenvalue weighted by Gasteiger charge is -2.30. The van der Waals surface area contributed by atoms with Gasteiger partial charge in [0.1, 0.15) is 18.8 Å². The second kappa shape index (κ2) is 5.76. The van der Waals surface area contributed by atoms with Crippen molar-refractivity contribution < 1.29 is 19.3 Å². The molecule has 2 aromatic rings. The van der Waals surface area contributed by atoms with Crippen LogP contribution in [0.3, 0.4) is 0 Å². The van der Waals surface area contributed by atoms with Crippen molar-refractivity contribution in [2.75, 3.05) is 26.9 Å². The van der Waals surface area contributed by atoms with Crippen LogP contribution >= 0.6 is 0 Å². The standard InChI is InChI=1S/C17H18O4/c1-19-12-17(18,13-5-3-2-4-6-13)14-7-8-15-16(11-14)21-10-9-20-15/h2-8,11,18H,9-10,12H2,1H3. The van der Waals surface area contributed by atoms with E-state index in [2.05, 4.69) is 0 Å². The lowest BCUT2D eigenvalue weighted by Crippen LogP contribution is -2.32. The predicted molar refractivity (Wildman–Crippen MR) is 78.7 cm³/mol. The average Bonchev–Trinajstić information content (AvgIpc) is 2.55. The third kappa shape index (κ3) is 2.60. The summed E-state index contributed by atoms with van der Waals surface area (Å²) in [6.45, 7) is 1.23. The first kappa shape index (κ1) is 13.9. The molecule has 1 N–H and O–H groups in total.